The van der Waals surface area contributed by atoms with Gasteiger partial charge in [-0.2, -0.15) is 0 Å². The van der Waals surface area contributed by atoms with E-state index in [4.69, 9.17) is 0 Å². The molecule has 0 saturated carbocycles. The van der Waals surface area contributed by atoms with Gasteiger partial charge in [-0.3, -0.25) is 4.79 Å². The molecule has 1 amide bonds. The van der Waals surface area contributed by atoms with Gasteiger partial charge in [0.25, 0.3) is 5.24 Å². The van der Waals surface area contributed by atoms with Gasteiger partial charge in [0, 0.05) is 21.6 Å². The Balaban J connectivity index is 2.39. The van der Waals surface area contributed by atoms with Gasteiger partial charge >= 0.3 is 0 Å². The summed E-state index contributed by atoms with van der Waals surface area (Å²) < 4.78 is 0. The number of halogens is 2. The Morgan fingerprint density at radius 1 is 1.39 bits per heavy atom. The monoisotopic (exact) mass is 393 g/mol. The van der Waals surface area contributed by atoms with Crippen molar-refractivity contribution < 1.29 is 4.79 Å². The number of nitrogens with one attached hydrogen (secondary N) is 1. The predicted octanol–water partition coefficient (Wildman–Crippen LogP) is 4.60. The van der Waals surface area contributed by atoms with Crippen LogP contribution in [0.1, 0.15) is 18.9 Å². The van der Waals surface area contributed by atoms with E-state index >= 15 is 0 Å². The number of hydrogen-bond donors (Lipinski definition) is 1. The zero-order valence-corrected chi connectivity index (χ0v) is 14.3. The van der Waals surface area contributed by atoms with E-state index in [0.717, 1.165) is 23.1 Å². The van der Waals surface area contributed by atoms with Gasteiger partial charge in [0.15, 0.2) is 0 Å². The van der Waals surface area contributed by atoms with Crippen LogP contribution >= 0.6 is 43.6 Å². The molecule has 5 heteroatoms. The maximum Gasteiger partial charge on any atom is 0.283 e. The molecule has 0 aliphatic heterocycles. The molecule has 0 fully saturated rings. The molecule has 0 radical (unpaired) electrons. The van der Waals surface area contributed by atoms with E-state index in [9.17, 15) is 4.79 Å². The first-order valence-corrected chi connectivity index (χ1v) is 8.75. The summed E-state index contributed by atoms with van der Waals surface area (Å²) in [7, 11) is 0. The minimum Gasteiger partial charge on any atom is -0.346 e. The first-order chi connectivity index (χ1) is 8.65. The summed E-state index contributed by atoms with van der Waals surface area (Å²) in [6.07, 6.45) is 2.24. The first kappa shape index (κ1) is 16.1. The molecule has 1 atom stereocenters. The summed E-state index contributed by atoms with van der Waals surface area (Å²) in [4.78, 5) is 12.9. The Kier molecular flexibility index (Phi) is 8.02. The van der Waals surface area contributed by atoms with Gasteiger partial charge in [-0.1, -0.05) is 57.3 Å². The fraction of sp³-hybridized carbons (Fsp3) is 0.462. The fourth-order valence-corrected chi connectivity index (χ4v) is 2.44. The van der Waals surface area contributed by atoms with Gasteiger partial charge in [0.1, 0.15) is 0 Å². The molecule has 1 aromatic carbocycles. The quantitative estimate of drug-likeness (QED) is 0.564. The maximum atomic E-state index is 11.7. The summed E-state index contributed by atoms with van der Waals surface area (Å²) >= 11 is 8.03. The van der Waals surface area contributed by atoms with Crippen molar-refractivity contribution in [2.75, 3.05) is 11.9 Å². The Hall–Kier alpha value is 0. The van der Waals surface area contributed by atoms with E-state index < -0.39 is 0 Å². The Labute approximate surface area is 130 Å². The smallest absolute Gasteiger partial charge is 0.283 e. The molecule has 0 heterocycles. The van der Waals surface area contributed by atoms with E-state index in [1.807, 2.05) is 12.1 Å². The third-order valence-corrected chi connectivity index (χ3v) is 5.44. The van der Waals surface area contributed by atoms with Crippen LogP contribution in [0, 0.1) is 0 Å². The number of rotatable bonds is 6. The summed E-state index contributed by atoms with van der Waals surface area (Å²) in [5.41, 5.74) is 1.32. The highest BCUT2D eigenvalue weighted by Crippen LogP contribution is 2.19. The van der Waals surface area contributed by atoms with Gasteiger partial charge < -0.3 is 5.32 Å². The second kappa shape index (κ2) is 8.99. The Morgan fingerprint density at radius 2 is 2.06 bits per heavy atom. The van der Waals surface area contributed by atoms with E-state index in [1.54, 1.807) is 0 Å². The van der Waals surface area contributed by atoms with E-state index in [0.29, 0.717) is 6.54 Å². The average molecular weight is 395 g/mol. The molecule has 0 spiro atoms. The molecule has 0 aliphatic rings. The Bertz CT molecular complexity index is 370. The van der Waals surface area contributed by atoms with Crippen molar-refractivity contribution in [3.63, 3.8) is 0 Å². The van der Waals surface area contributed by atoms with Crippen molar-refractivity contribution in [2.24, 2.45) is 0 Å². The van der Waals surface area contributed by atoms with Crippen molar-refractivity contribution in [1.29, 1.82) is 0 Å². The molecule has 0 saturated heterocycles. The van der Waals surface area contributed by atoms with Gasteiger partial charge in [0.2, 0.25) is 0 Å². The topological polar surface area (TPSA) is 29.1 Å². The summed E-state index contributed by atoms with van der Waals surface area (Å²) in [5, 5.41) is 3.68. The molecular formula is C13H17Br2NOS. The van der Waals surface area contributed by atoms with Crippen LogP contribution in [0.3, 0.4) is 0 Å². The third kappa shape index (κ3) is 6.25. The second-order valence-corrected chi connectivity index (χ2v) is 6.90. The standard InChI is InChI=1S/C13H17Br2NOS/c1-2-3-10-4-6-12(7-5-10)18-13(17)16-9-11(15)8-14/h4-7,11H,2-3,8-9H2,1H3,(H,16,17). The van der Waals surface area contributed by atoms with Crippen LogP contribution in [0.15, 0.2) is 29.2 Å². The van der Waals surface area contributed by atoms with Crippen LogP contribution in [0.25, 0.3) is 0 Å². The fourth-order valence-electron chi connectivity index (χ4n) is 1.40. The number of thioether (sulfide) groups is 1. The summed E-state index contributed by atoms with van der Waals surface area (Å²) in [6, 6.07) is 8.19. The van der Waals surface area contributed by atoms with Crippen LogP contribution in [-0.4, -0.2) is 21.9 Å². The largest absolute Gasteiger partial charge is 0.346 e. The van der Waals surface area contributed by atoms with Crippen molar-refractivity contribution in [3.05, 3.63) is 29.8 Å². The highest BCUT2D eigenvalue weighted by Gasteiger charge is 2.07. The van der Waals surface area contributed by atoms with Crippen molar-refractivity contribution in [2.45, 2.75) is 29.5 Å². The van der Waals surface area contributed by atoms with Crippen LogP contribution in [0.5, 0.6) is 0 Å². The number of carbonyl (C=O) groups excluding carboxylic acids is 1. The molecule has 0 bridgehead atoms. The summed E-state index contributed by atoms with van der Waals surface area (Å²) in [5.74, 6) is 0. The molecule has 100 valence electrons. The predicted molar refractivity (Wildman–Crippen MR) is 86.2 cm³/mol. The molecular weight excluding hydrogens is 378 g/mol. The number of amides is 1. The number of aryl methyl sites for hydroxylation is 1. The van der Waals surface area contributed by atoms with E-state index in [1.165, 1.54) is 17.3 Å². The van der Waals surface area contributed by atoms with Gasteiger partial charge in [-0.05, 0) is 35.9 Å². The van der Waals surface area contributed by atoms with E-state index in [2.05, 4.69) is 56.2 Å². The highest BCUT2D eigenvalue weighted by molar-refractivity contribution is 9.12. The second-order valence-electron chi connectivity index (χ2n) is 3.92. The first-order valence-electron chi connectivity index (χ1n) is 5.90. The number of carbonyl (C=O) groups is 1. The SMILES string of the molecule is CCCc1ccc(SC(=O)NCC(Br)CBr)cc1. The lowest BCUT2D eigenvalue weighted by atomic mass is 10.1. The lowest BCUT2D eigenvalue weighted by Gasteiger charge is -2.08. The lowest BCUT2D eigenvalue weighted by molar-refractivity contribution is 0.261. The molecule has 0 aromatic heterocycles. The van der Waals surface area contributed by atoms with Crippen LogP contribution in [-0.2, 0) is 6.42 Å². The van der Waals surface area contributed by atoms with Gasteiger partial charge in [0.05, 0.1) is 0 Å². The van der Waals surface area contributed by atoms with Crippen LogP contribution in [0.2, 0.25) is 0 Å². The molecule has 1 rings (SSSR count). The highest BCUT2D eigenvalue weighted by atomic mass is 79.9. The normalized spacial score (nSPS) is 12.2. The average Bonchev–Trinajstić information content (AvgIpc) is 2.38. The van der Waals surface area contributed by atoms with E-state index in [-0.39, 0.29) is 10.1 Å². The van der Waals surface area contributed by atoms with Crippen LogP contribution < -0.4 is 5.32 Å². The zero-order chi connectivity index (χ0) is 13.4. The minimum atomic E-state index is -0.0105. The summed E-state index contributed by atoms with van der Waals surface area (Å²) in [6.45, 7) is 2.79. The zero-order valence-electron chi connectivity index (χ0n) is 10.3. The minimum absolute atomic E-state index is 0.0105. The molecule has 1 unspecified atom stereocenters. The number of hydrogen-bond acceptors (Lipinski definition) is 2. The van der Waals surface area contributed by atoms with Crippen molar-refractivity contribution in [3.8, 4) is 0 Å². The number of alkyl halides is 2. The number of benzene rings is 1. The molecule has 18 heavy (non-hydrogen) atoms. The van der Waals surface area contributed by atoms with Crippen molar-refractivity contribution >= 4 is 48.9 Å². The maximum absolute atomic E-state index is 11.7. The Morgan fingerprint density at radius 3 is 2.61 bits per heavy atom. The van der Waals surface area contributed by atoms with Crippen LogP contribution in [0.4, 0.5) is 4.79 Å². The molecule has 1 N–H and O–H groups in total. The van der Waals surface area contributed by atoms with Crippen molar-refractivity contribution in [1.82, 2.24) is 5.32 Å². The van der Waals surface area contributed by atoms with Gasteiger partial charge in [-0.15, -0.1) is 0 Å². The third-order valence-electron chi connectivity index (χ3n) is 2.31. The molecule has 1 aromatic rings. The molecule has 0 aliphatic carbocycles. The molecule has 2 nitrogen and oxygen atoms in total. The van der Waals surface area contributed by atoms with Gasteiger partial charge in [-0.25, -0.2) is 0 Å². The lowest BCUT2D eigenvalue weighted by Crippen LogP contribution is -2.26.